The quantitative estimate of drug-likeness (QED) is 0.561. The Bertz CT molecular complexity index is 1040. The van der Waals surface area contributed by atoms with Gasteiger partial charge in [-0.05, 0) is 52.7 Å². The third-order valence-corrected chi connectivity index (χ3v) is 4.44. The zero-order valence-electron chi connectivity index (χ0n) is 15.3. The van der Waals surface area contributed by atoms with E-state index in [-0.39, 0.29) is 18.4 Å². The van der Waals surface area contributed by atoms with E-state index in [2.05, 4.69) is 20.8 Å². The van der Waals surface area contributed by atoms with Gasteiger partial charge in [-0.15, -0.1) is 5.10 Å². The first kappa shape index (κ1) is 17.7. The molecule has 4 aromatic rings. The van der Waals surface area contributed by atoms with Crippen LogP contribution < -0.4 is 5.32 Å². The summed E-state index contributed by atoms with van der Waals surface area (Å²) in [5.74, 6) is 1.32. The van der Waals surface area contributed by atoms with Crippen molar-refractivity contribution in [3.8, 4) is 5.69 Å². The molecule has 0 radical (unpaired) electrons. The maximum absolute atomic E-state index is 12.7. The monoisotopic (exact) mass is 373 g/mol. The molecule has 7 nitrogen and oxygen atoms in total. The first-order valence-electron chi connectivity index (χ1n) is 8.93. The van der Waals surface area contributed by atoms with Crippen LogP contribution in [0.2, 0.25) is 0 Å². The Morgan fingerprint density at radius 3 is 2.50 bits per heavy atom. The molecule has 0 aliphatic rings. The van der Waals surface area contributed by atoms with Crippen LogP contribution >= 0.6 is 0 Å². The predicted molar refractivity (Wildman–Crippen MR) is 103 cm³/mol. The minimum atomic E-state index is -0.327. The second-order valence-electron chi connectivity index (χ2n) is 6.41. The smallest absolute Gasteiger partial charge is 0.225 e. The van der Waals surface area contributed by atoms with Crippen molar-refractivity contribution in [1.82, 2.24) is 25.5 Å². The van der Waals surface area contributed by atoms with Crippen molar-refractivity contribution in [2.75, 3.05) is 0 Å². The number of nitrogens with one attached hydrogen (secondary N) is 1. The van der Waals surface area contributed by atoms with Gasteiger partial charge in [0.05, 0.1) is 18.4 Å². The van der Waals surface area contributed by atoms with E-state index >= 15 is 0 Å². The molecule has 0 saturated heterocycles. The lowest BCUT2D eigenvalue weighted by Gasteiger charge is -2.17. The number of furan rings is 1. The molecule has 2 aromatic carbocycles. The van der Waals surface area contributed by atoms with E-state index in [1.165, 1.54) is 0 Å². The topological polar surface area (TPSA) is 85.8 Å². The van der Waals surface area contributed by atoms with Crippen molar-refractivity contribution >= 4 is 5.91 Å². The Balaban J connectivity index is 1.47. The molecule has 0 fully saturated rings. The van der Waals surface area contributed by atoms with Crippen LogP contribution in [0, 0.1) is 6.92 Å². The molecular weight excluding hydrogens is 354 g/mol. The molecule has 28 heavy (non-hydrogen) atoms. The summed E-state index contributed by atoms with van der Waals surface area (Å²) in [6, 6.07) is 20.7. The molecule has 0 saturated carbocycles. The Morgan fingerprint density at radius 2 is 1.86 bits per heavy atom. The van der Waals surface area contributed by atoms with Gasteiger partial charge in [-0.2, -0.15) is 4.68 Å². The largest absolute Gasteiger partial charge is 0.467 e. The van der Waals surface area contributed by atoms with Crippen molar-refractivity contribution in [3.05, 3.63) is 95.7 Å². The molecule has 0 unspecified atom stereocenters. The van der Waals surface area contributed by atoms with Gasteiger partial charge in [0, 0.05) is 0 Å². The zero-order chi connectivity index (χ0) is 19.3. The first-order valence-corrected chi connectivity index (χ1v) is 8.93. The number of benzene rings is 2. The lowest BCUT2D eigenvalue weighted by Crippen LogP contribution is -2.30. The van der Waals surface area contributed by atoms with E-state index in [1.54, 1.807) is 10.9 Å². The minimum absolute atomic E-state index is 0.0865. The molecule has 0 aliphatic carbocycles. The highest BCUT2D eigenvalue weighted by molar-refractivity contribution is 5.79. The molecule has 2 heterocycles. The van der Waals surface area contributed by atoms with E-state index < -0.39 is 0 Å². The van der Waals surface area contributed by atoms with E-state index in [0.29, 0.717) is 11.6 Å². The highest BCUT2D eigenvalue weighted by atomic mass is 16.3. The number of hydrogen-bond acceptors (Lipinski definition) is 5. The van der Waals surface area contributed by atoms with Gasteiger partial charge in [0.15, 0.2) is 5.82 Å². The normalized spacial score (nSPS) is 11.9. The first-order chi connectivity index (χ1) is 13.7. The molecule has 1 amide bonds. The summed E-state index contributed by atoms with van der Waals surface area (Å²) < 4.78 is 7.18. The van der Waals surface area contributed by atoms with Crippen LogP contribution in [0.25, 0.3) is 5.69 Å². The third-order valence-electron chi connectivity index (χ3n) is 4.44. The Labute approximate surface area is 162 Å². The van der Waals surface area contributed by atoms with Crippen LogP contribution in [-0.4, -0.2) is 26.1 Å². The zero-order valence-corrected chi connectivity index (χ0v) is 15.3. The summed E-state index contributed by atoms with van der Waals surface area (Å²) in [4.78, 5) is 12.7. The lowest BCUT2D eigenvalue weighted by molar-refractivity contribution is -0.121. The van der Waals surface area contributed by atoms with Crippen LogP contribution in [0.15, 0.2) is 77.4 Å². The van der Waals surface area contributed by atoms with Crippen LogP contribution in [0.3, 0.4) is 0 Å². The van der Waals surface area contributed by atoms with Crippen molar-refractivity contribution in [2.45, 2.75) is 19.4 Å². The van der Waals surface area contributed by atoms with Gasteiger partial charge in [0.1, 0.15) is 11.8 Å². The number of aryl methyl sites for hydroxylation is 1. The SMILES string of the molecule is Cc1nnnn1-c1ccc(CC(=O)N[C@@H](c2ccccc2)c2ccco2)cc1. The molecule has 140 valence electrons. The fourth-order valence-electron chi connectivity index (χ4n) is 3.04. The number of nitrogens with zero attached hydrogens (tertiary/aromatic N) is 4. The molecule has 0 spiro atoms. The third kappa shape index (κ3) is 3.83. The summed E-state index contributed by atoms with van der Waals surface area (Å²) in [5.41, 5.74) is 2.72. The van der Waals surface area contributed by atoms with Crippen LogP contribution in [-0.2, 0) is 11.2 Å². The fourth-order valence-corrected chi connectivity index (χ4v) is 3.04. The lowest BCUT2D eigenvalue weighted by atomic mass is 10.0. The number of carbonyl (C=O) groups excluding carboxylic acids is 1. The highest BCUT2D eigenvalue weighted by Crippen LogP contribution is 2.22. The minimum Gasteiger partial charge on any atom is -0.467 e. The van der Waals surface area contributed by atoms with Gasteiger partial charge >= 0.3 is 0 Å². The number of amides is 1. The van der Waals surface area contributed by atoms with Gasteiger partial charge in [-0.1, -0.05) is 42.5 Å². The summed E-state index contributed by atoms with van der Waals surface area (Å²) in [6.07, 6.45) is 1.87. The molecule has 0 bridgehead atoms. The van der Waals surface area contributed by atoms with Crippen molar-refractivity contribution < 1.29 is 9.21 Å². The van der Waals surface area contributed by atoms with Gasteiger partial charge < -0.3 is 9.73 Å². The van der Waals surface area contributed by atoms with Gasteiger partial charge in [-0.3, -0.25) is 4.79 Å². The van der Waals surface area contributed by atoms with E-state index in [1.807, 2.05) is 73.7 Å². The average Bonchev–Trinajstić information content (AvgIpc) is 3.39. The van der Waals surface area contributed by atoms with Crippen molar-refractivity contribution in [3.63, 3.8) is 0 Å². The van der Waals surface area contributed by atoms with Crippen LogP contribution in [0.4, 0.5) is 0 Å². The maximum atomic E-state index is 12.7. The average molecular weight is 373 g/mol. The summed E-state index contributed by atoms with van der Waals surface area (Å²) in [6.45, 7) is 1.83. The number of tetrazole rings is 1. The molecule has 1 N–H and O–H groups in total. The molecule has 1 atom stereocenters. The molecule has 2 aromatic heterocycles. The Kier molecular flexibility index (Phi) is 4.97. The summed E-state index contributed by atoms with van der Waals surface area (Å²) >= 11 is 0. The van der Waals surface area contributed by atoms with Gasteiger partial charge in [-0.25, -0.2) is 0 Å². The van der Waals surface area contributed by atoms with E-state index in [4.69, 9.17) is 4.42 Å². The van der Waals surface area contributed by atoms with E-state index in [9.17, 15) is 4.79 Å². The van der Waals surface area contributed by atoms with Crippen molar-refractivity contribution in [1.29, 1.82) is 0 Å². The van der Waals surface area contributed by atoms with Crippen LogP contribution in [0.1, 0.15) is 28.8 Å². The number of aromatic nitrogens is 4. The molecule has 0 aliphatic heterocycles. The number of carbonyl (C=O) groups is 1. The van der Waals surface area contributed by atoms with Gasteiger partial charge in [0.25, 0.3) is 0 Å². The number of rotatable bonds is 6. The second kappa shape index (κ2) is 7.87. The molecule has 4 rings (SSSR count). The summed E-state index contributed by atoms with van der Waals surface area (Å²) in [5, 5.41) is 14.5. The Morgan fingerprint density at radius 1 is 1.07 bits per heavy atom. The molecular formula is C21H19N5O2. The summed E-state index contributed by atoms with van der Waals surface area (Å²) in [7, 11) is 0. The van der Waals surface area contributed by atoms with Crippen LogP contribution in [0.5, 0.6) is 0 Å². The predicted octanol–water partition coefficient (Wildman–Crippen LogP) is 3.01. The standard InChI is InChI=1S/C21H19N5O2/c1-15-23-24-25-26(15)18-11-9-16(10-12-18)14-20(27)22-21(19-8-5-13-28-19)17-6-3-2-4-7-17/h2-13,21H,14H2,1H3,(H,22,27)/t21-/m0/s1. The molecule has 7 heteroatoms. The van der Waals surface area contributed by atoms with Gasteiger partial charge in [0.2, 0.25) is 5.91 Å². The Hall–Kier alpha value is -3.74. The highest BCUT2D eigenvalue weighted by Gasteiger charge is 2.19. The fraction of sp³-hybridized carbons (Fsp3) is 0.143. The van der Waals surface area contributed by atoms with Crippen molar-refractivity contribution in [2.24, 2.45) is 0 Å². The maximum Gasteiger partial charge on any atom is 0.225 e. The number of hydrogen-bond donors (Lipinski definition) is 1. The van der Waals surface area contributed by atoms with E-state index in [0.717, 1.165) is 16.8 Å². The second-order valence-corrected chi connectivity index (χ2v) is 6.41.